The number of amides is 2. The molecule has 0 aliphatic carbocycles. The lowest BCUT2D eigenvalue weighted by molar-refractivity contribution is 0.0706. The van der Waals surface area contributed by atoms with Crippen LogP contribution in [0.2, 0.25) is 0 Å². The average molecular weight is 221 g/mol. The number of hydrogen-bond acceptors (Lipinski definition) is 4. The number of hydroxylamine groups is 1. The first kappa shape index (κ1) is 11.5. The van der Waals surface area contributed by atoms with Crippen molar-refractivity contribution < 1.29 is 19.9 Å². The minimum absolute atomic E-state index is 0.0229. The number of anilines is 1. The first-order valence-corrected chi connectivity index (χ1v) is 4.06. The van der Waals surface area contributed by atoms with E-state index in [2.05, 4.69) is 0 Å². The van der Waals surface area contributed by atoms with E-state index < -0.39 is 12.0 Å². The SMILES string of the molecule is N#Cc1cc(NC(=O)O)cc(C(=O)NO)c1. The third kappa shape index (κ3) is 2.70. The summed E-state index contributed by atoms with van der Waals surface area (Å²) >= 11 is 0. The number of nitrogens with zero attached hydrogens (tertiary/aromatic N) is 1. The van der Waals surface area contributed by atoms with E-state index in [9.17, 15) is 9.59 Å². The Hall–Kier alpha value is -2.59. The quantitative estimate of drug-likeness (QED) is 0.434. The highest BCUT2D eigenvalue weighted by Crippen LogP contribution is 2.14. The van der Waals surface area contributed by atoms with Gasteiger partial charge in [-0.25, -0.2) is 10.3 Å². The number of nitrogens with one attached hydrogen (secondary N) is 2. The molecule has 0 fully saturated rings. The average Bonchev–Trinajstić information content (AvgIpc) is 2.26. The maximum atomic E-state index is 11.1. The molecule has 0 radical (unpaired) electrons. The maximum absolute atomic E-state index is 11.1. The fraction of sp³-hybridized carbons (Fsp3) is 0. The van der Waals surface area contributed by atoms with Gasteiger partial charge in [-0.1, -0.05) is 0 Å². The summed E-state index contributed by atoms with van der Waals surface area (Å²) in [6.07, 6.45) is -1.31. The zero-order valence-electron chi connectivity index (χ0n) is 7.89. The van der Waals surface area contributed by atoms with Crippen molar-refractivity contribution in [3.8, 4) is 6.07 Å². The van der Waals surface area contributed by atoms with Gasteiger partial charge in [0.05, 0.1) is 11.6 Å². The summed E-state index contributed by atoms with van der Waals surface area (Å²) < 4.78 is 0. The van der Waals surface area contributed by atoms with Crippen molar-refractivity contribution in [3.63, 3.8) is 0 Å². The molecular formula is C9H7N3O4. The van der Waals surface area contributed by atoms with Crippen molar-refractivity contribution in [2.24, 2.45) is 0 Å². The van der Waals surface area contributed by atoms with Crippen LogP contribution in [0.5, 0.6) is 0 Å². The lowest BCUT2D eigenvalue weighted by Gasteiger charge is -2.04. The Bertz CT molecular complexity index is 478. The Morgan fingerprint density at radius 2 is 2.00 bits per heavy atom. The van der Waals surface area contributed by atoms with Gasteiger partial charge in [-0.2, -0.15) is 5.26 Å². The molecule has 7 heteroatoms. The summed E-state index contributed by atoms with van der Waals surface area (Å²) in [6.45, 7) is 0. The molecule has 0 aliphatic heterocycles. The van der Waals surface area contributed by atoms with E-state index in [0.29, 0.717) is 0 Å². The smallest absolute Gasteiger partial charge is 0.409 e. The van der Waals surface area contributed by atoms with E-state index in [-0.39, 0.29) is 16.8 Å². The minimum atomic E-state index is -1.31. The van der Waals surface area contributed by atoms with Gasteiger partial charge in [0, 0.05) is 11.3 Å². The summed E-state index contributed by atoms with van der Waals surface area (Å²) in [6, 6.07) is 5.45. The van der Waals surface area contributed by atoms with E-state index in [4.69, 9.17) is 15.6 Å². The van der Waals surface area contributed by atoms with Crippen molar-refractivity contribution in [1.29, 1.82) is 5.26 Å². The molecule has 0 aliphatic rings. The highest BCUT2D eigenvalue weighted by molar-refractivity contribution is 5.96. The molecule has 0 unspecified atom stereocenters. The van der Waals surface area contributed by atoms with Crippen LogP contribution in [-0.4, -0.2) is 22.3 Å². The lowest BCUT2D eigenvalue weighted by atomic mass is 10.1. The predicted octanol–water partition coefficient (Wildman–Crippen LogP) is 0.767. The van der Waals surface area contributed by atoms with E-state index in [0.717, 1.165) is 0 Å². The molecule has 4 N–H and O–H groups in total. The molecule has 82 valence electrons. The molecule has 7 nitrogen and oxygen atoms in total. The molecule has 16 heavy (non-hydrogen) atoms. The molecule has 0 heterocycles. The van der Waals surface area contributed by atoms with Crippen molar-refractivity contribution in [3.05, 3.63) is 29.3 Å². The van der Waals surface area contributed by atoms with Gasteiger partial charge in [-0.3, -0.25) is 15.3 Å². The highest BCUT2D eigenvalue weighted by Gasteiger charge is 2.09. The summed E-state index contributed by atoms with van der Waals surface area (Å²) in [4.78, 5) is 21.4. The topological polar surface area (TPSA) is 122 Å². The van der Waals surface area contributed by atoms with Gasteiger partial charge in [0.1, 0.15) is 0 Å². The van der Waals surface area contributed by atoms with Crippen molar-refractivity contribution in [2.45, 2.75) is 0 Å². The van der Waals surface area contributed by atoms with Gasteiger partial charge in [-0.05, 0) is 18.2 Å². The van der Waals surface area contributed by atoms with Gasteiger partial charge in [-0.15, -0.1) is 0 Å². The molecule has 1 rings (SSSR count). The van der Waals surface area contributed by atoms with Gasteiger partial charge in [0.25, 0.3) is 5.91 Å². The van der Waals surface area contributed by atoms with Gasteiger partial charge < -0.3 is 5.11 Å². The molecule has 0 aromatic heterocycles. The number of carbonyl (C=O) groups excluding carboxylic acids is 1. The lowest BCUT2D eigenvalue weighted by Crippen LogP contribution is -2.19. The maximum Gasteiger partial charge on any atom is 0.409 e. The molecule has 0 saturated carbocycles. The second-order valence-corrected chi connectivity index (χ2v) is 2.78. The first-order chi connectivity index (χ1) is 7.56. The largest absolute Gasteiger partial charge is 0.465 e. The van der Waals surface area contributed by atoms with Crippen LogP contribution in [0.4, 0.5) is 10.5 Å². The number of carbonyl (C=O) groups is 2. The van der Waals surface area contributed by atoms with E-state index in [1.807, 2.05) is 5.32 Å². The van der Waals surface area contributed by atoms with Crippen molar-refractivity contribution in [2.75, 3.05) is 5.32 Å². The van der Waals surface area contributed by atoms with Crippen LogP contribution >= 0.6 is 0 Å². The van der Waals surface area contributed by atoms with Gasteiger partial charge in [0.2, 0.25) is 0 Å². The number of benzene rings is 1. The first-order valence-electron chi connectivity index (χ1n) is 4.06. The zero-order chi connectivity index (χ0) is 12.1. The third-order valence-corrected chi connectivity index (χ3v) is 1.68. The summed E-state index contributed by atoms with van der Waals surface area (Å²) in [5.41, 5.74) is 1.54. The highest BCUT2D eigenvalue weighted by atomic mass is 16.5. The Kier molecular flexibility index (Phi) is 3.42. The fourth-order valence-electron chi connectivity index (χ4n) is 1.08. The third-order valence-electron chi connectivity index (χ3n) is 1.68. The monoisotopic (exact) mass is 221 g/mol. The van der Waals surface area contributed by atoms with Crippen LogP contribution in [0, 0.1) is 11.3 Å². The zero-order valence-corrected chi connectivity index (χ0v) is 7.89. The number of nitriles is 1. The number of carboxylic acid groups (broad SMARTS) is 1. The standard InChI is InChI=1S/C9H7N3O4/c10-4-5-1-6(8(13)12-16)3-7(2-5)11-9(14)15/h1-3,11,16H,(H,12,13)(H,14,15). The van der Waals surface area contributed by atoms with Crippen LogP contribution in [0.25, 0.3) is 0 Å². The van der Waals surface area contributed by atoms with Crippen LogP contribution in [0.3, 0.4) is 0 Å². The van der Waals surface area contributed by atoms with E-state index in [1.54, 1.807) is 6.07 Å². The molecule has 1 aromatic rings. The Labute approximate surface area is 89.9 Å². The molecule has 0 bridgehead atoms. The Morgan fingerprint density at radius 1 is 1.31 bits per heavy atom. The van der Waals surface area contributed by atoms with Crippen molar-refractivity contribution in [1.82, 2.24) is 5.48 Å². The van der Waals surface area contributed by atoms with Crippen LogP contribution < -0.4 is 10.8 Å². The van der Waals surface area contributed by atoms with Crippen LogP contribution in [0.1, 0.15) is 15.9 Å². The predicted molar refractivity (Wildman–Crippen MR) is 52.1 cm³/mol. The molecule has 0 spiro atoms. The molecule has 0 saturated heterocycles. The molecule has 0 atom stereocenters. The molecule has 2 amide bonds. The molecular weight excluding hydrogens is 214 g/mol. The normalized spacial score (nSPS) is 9.00. The van der Waals surface area contributed by atoms with Gasteiger partial charge >= 0.3 is 6.09 Å². The van der Waals surface area contributed by atoms with Gasteiger partial charge in [0.15, 0.2) is 0 Å². The number of rotatable bonds is 2. The molecule has 1 aromatic carbocycles. The second kappa shape index (κ2) is 4.77. The second-order valence-electron chi connectivity index (χ2n) is 2.78. The van der Waals surface area contributed by atoms with Crippen LogP contribution in [0.15, 0.2) is 18.2 Å². The van der Waals surface area contributed by atoms with Crippen LogP contribution in [-0.2, 0) is 0 Å². The Morgan fingerprint density at radius 3 is 2.50 bits per heavy atom. The Balaban J connectivity index is 3.16. The number of hydrogen-bond donors (Lipinski definition) is 4. The summed E-state index contributed by atoms with van der Waals surface area (Å²) in [5.74, 6) is -0.828. The fourth-order valence-corrected chi connectivity index (χ4v) is 1.08. The minimum Gasteiger partial charge on any atom is -0.465 e. The van der Waals surface area contributed by atoms with E-state index in [1.165, 1.54) is 23.7 Å². The summed E-state index contributed by atoms with van der Waals surface area (Å²) in [7, 11) is 0. The van der Waals surface area contributed by atoms with E-state index >= 15 is 0 Å². The van der Waals surface area contributed by atoms with Crippen molar-refractivity contribution >= 4 is 17.7 Å². The summed E-state index contributed by atoms with van der Waals surface area (Å²) in [5, 5.41) is 27.5.